The van der Waals surface area contributed by atoms with Crippen LogP contribution in [0.25, 0.3) is 0 Å². The Labute approximate surface area is 146 Å². The molecule has 3 atom stereocenters. The van der Waals surface area contributed by atoms with E-state index in [4.69, 9.17) is 4.74 Å². The summed E-state index contributed by atoms with van der Waals surface area (Å²) in [6.07, 6.45) is 3.75. The summed E-state index contributed by atoms with van der Waals surface area (Å²) in [6.45, 7) is 10.8. The minimum absolute atomic E-state index is 0.0274. The molecule has 0 spiro atoms. The highest BCUT2D eigenvalue weighted by Gasteiger charge is 2.55. The van der Waals surface area contributed by atoms with Crippen LogP contribution in [0.4, 0.5) is 4.79 Å². The first-order valence-corrected chi connectivity index (χ1v) is 9.31. The Morgan fingerprint density at radius 1 is 1.25 bits per heavy atom. The fourth-order valence-corrected chi connectivity index (χ4v) is 4.88. The first-order chi connectivity index (χ1) is 11.0. The van der Waals surface area contributed by atoms with Crippen LogP contribution in [0.2, 0.25) is 0 Å². The summed E-state index contributed by atoms with van der Waals surface area (Å²) in [6, 6.07) is 0. The van der Waals surface area contributed by atoms with Crippen LogP contribution in [-0.2, 0) is 4.74 Å². The second kappa shape index (κ2) is 6.83. The SMILES string of the molecule is CC1CC(C)CC(CO)(C2(O)CCCN(C(=O)OC(C)(C)C)C2)C1. The Bertz CT molecular complexity index is 449. The van der Waals surface area contributed by atoms with Crippen LogP contribution in [0, 0.1) is 17.3 Å². The second-order valence-electron chi connectivity index (χ2n) is 9.33. The molecule has 2 fully saturated rings. The summed E-state index contributed by atoms with van der Waals surface area (Å²) in [5.74, 6) is 0.948. The van der Waals surface area contributed by atoms with Crippen molar-refractivity contribution in [2.75, 3.05) is 19.7 Å². The number of ether oxygens (including phenoxy) is 1. The first kappa shape index (κ1) is 19.5. The molecule has 1 saturated heterocycles. The minimum atomic E-state index is -1.04. The number of likely N-dealkylation sites (tertiary alicyclic amines) is 1. The zero-order chi connectivity index (χ0) is 18.2. The predicted octanol–water partition coefficient (Wildman–Crippen LogP) is 3.18. The van der Waals surface area contributed by atoms with Gasteiger partial charge in [-0.15, -0.1) is 0 Å². The topological polar surface area (TPSA) is 70.0 Å². The Kier molecular flexibility index (Phi) is 5.55. The Hall–Kier alpha value is -0.810. The normalized spacial score (nSPS) is 38.0. The molecule has 140 valence electrons. The van der Waals surface area contributed by atoms with Crippen LogP contribution in [0.1, 0.15) is 66.7 Å². The van der Waals surface area contributed by atoms with Crippen LogP contribution in [0.3, 0.4) is 0 Å². The van der Waals surface area contributed by atoms with Crippen molar-refractivity contribution in [2.45, 2.75) is 77.9 Å². The number of carbonyl (C=O) groups excluding carboxylic acids is 1. The van der Waals surface area contributed by atoms with E-state index in [-0.39, 0.29) is 19.2 Å². The number of nitrogens with zero attached hydrogens (tertiary/aromatic N) is 1. The lowest BCUT2D eigenvalue weighted by Crippen LogP contribution is -2.62. The van der Waals surface area contributed by atoms with Crippen molar-refractivity contribution in [3.05, 3.63) is 0 Å². The summed E-state index contributed by atoms with van der Waals surface area (Å²) in [7, 11) is 0. The third kappa shape index (κ3) is 4.05. The zero-order valence-corrected chi connectivity index (χ0v) is 16.0. The maximum Gasteiger partial charge on any atom is 0.410 e. The van der Waals surface area contributed by atoms with Crippen LogP contribution in [0.5, 0.6) is 0 Å². The smallest absolute Gasteiger partial charge is 0.410 e. The maximum atomic E-state index is 12.4. The highest BCUT2D eigenvalue weighted by molar-refractivity contribution is 5.68. The molecule has 0 aromatic rings. The summed E-state index contributed by atoms with van der Waals surface area (Å²) in [5.41, 5.74) is -2.11. The average molecular weight is 341 g/mol. The number of rotatable bonds is 2. The Morgan fingerprint density at radius 3 is 2.33 bits per heavy atom. The van der Waals surface area contributed by atoms with Gasteiger partial charge in [-0.1, -0.05) is 13.8 Å². The Morgan fingerprint density at radius 2 is 1.83 bits per heavy atom. The molecule has 0 aromatic heterocycles. The zero-order valence-electron chi connectivity index (χ0n) is 16.0. The fraction of sp³-hybridized carbons (Fsp3) is 0.947. The summed E-state index contributed by atoms with van der Waals surface area (Å²) in [5, 5.41) is 21.7. The van der Waals surface area contributed by atoms with E-state index in [1.54, 1.807) is 4.90 Å². The summed E-state index contributed by atoms with van der Waals surface area (Å²) < 4.78 is 5.48. The highest BCUT2D eigenvalue weighted by Crippen LogP contribution is 2.51. The van der Waals surface area contributed by atoms with E-state index >= 15 is 0 Å². The molecule has 2 rings (SSSR count). The standard InChI is InChI=1S/C19H35NO4/c1-14-9-15(2)11-18(10-14,13-21)19(23)7-6-8-20(12-19)16(22)24-17(3,4)5/h14-15,21,23H,6-13H2,1-5H3. The molecule has 1 heterocycles. The van der Waals surface area contributed by atoms with Crippen molar-refractivity contribution in [3.63, 3.8) is 0 Å². The van der Waals surface area contributed by atoms with Gasteiger partial charge < -0.3 is 19.8 Å². The number of hydrogen-bond donors (Lipinski definition) is 2. The fourth-order valence-electron chi connectivity index (χ4n) is 4.88. The molecule has 2 N–H and O–H groups in total. The van der Waals surface area contributed by atoms with Gasteiger partial charge in [-0.3, -0.25) is 0 Å². The molecule has 5 nitrogen and oxygen atoms in total. The molecular formula is C19H35NO4. The monoisotopic (exact) mass is 341 g/mol. The van der Waals surface area contributed by atoms with Gasteiger partial charge in [0.1, 0.15) is 5.60 Å². The average Bonchev–Trinajstić information content (AvgIpc) is 2.44. The molecule has 1 aliphatic carbocycles. The van der Waals surface area contributed by atoms with Gasteiger partial charge in [-0.2, -0.15) is 0 Å². The van der Waals surface area contributed by atoms with Gasteiger partial charge in [0.25, 0.3) is 0 Å². The molecule has 1 saturated carbocycles. The number of amides is 1. The number of β-amino-alcohol motifs (C(OH)–C–C–N with tert-alkyl or cyclic N) is 1. The van der Waals surface area contributed by atoms with Gasteiger partial charge in [-0.25, -0.2) is 4.79 Å². The molecule has 24 heavy (non-hydrogen) atoms. The largest absolute Gasteiger partial charge is 0.444 e. The van der Waals surface area contributed by atoms with E-state index in [9.17, 15) is 15.0 Å². The van der Waals surface area contributed by atoms with Crippen molar-refractivity contribution in [3.8, 4) is 0 Å². The lowest BCUT2D eigenvalue weighted by molar-refractivity contribution is -0.169. The Balaban J connectivity index is 2.19. The van der Waals surface area contributed by atoms with E-state index in [1.165, 1.54) is 0 Å². The van der Waals surface area contributed by atoms with Gasteiger partial charge in [0.15, 0.2) is 0 Å². The second-order valence-corrected chi connectivity index (χ2v) is 9.33. The summed E-state index contributed by atoms with van der Waals surface area (Å²) in [4.78, 5) is 14.1. The molecule has 2 aliphatic rings. The lowest BCUT2D eigenvalue weighted by Gasteiger charge is -2.55. The molecule has 0 bridgehead atoms. The molecule has 1 amide bonds. The number of piperidine rings is 1. The molecule has 3 unspecified atom stereocenters. The van der Waals surface area contributed by atoms with Gasteiger partial charge in [0, 0.05) is 12.0 Å². The van der Waals surface area contributed by atoms with Crippen molar-refractivity contribution < 1.29 is 19.7 Å². The third-order valence-electron chi connectivity index (χ3n) is 5.70. The van der Waals surface area contributed by atoms with Crippen LogP contribution >= 0.6 is 0 Å². The van der Waals surface area contributed by atoms with E-state index in [1.807, 2.05) is 20.8 Å². The molecule has 0 radical (unpaired) electrons. The van der Waals surface area contributed by atoms with Gasteiger partial charge >= 0.3 is 6.09 Å². The maximum absolute atomic E-state index is 12.4. The molecule has 5 heteroatoms. The van der Waals surface area contributed by atoms with Crippen LogP contribution in [0.15, 0.2) is 0 Å². The predicted molar refractivity (Wildman–Crippen MR) is 93.7 cm³/mol. The van der Waals surface area contributed by atoms with Gasteiger partial charge in [0.05, 0.1) is 18.8 Å². The van der Waals surface area contributed by atoms with Crippen LogP contribution in [-0.4, -0.2) is 52.1 Å². The van der Waals surface area contributed by atoms with Crippen LogP contribution < -0.4 is 0 Å². The highest BCUT2D eigenvalue weighted by atomic mass is 16.6. The number of aliphatic hydroxyl groups excluding tert-OH is 1. The lowest BCUT2D eigenvalue weighted by atomic mass is 9.57. The van der Waals surface area contributed by atoms with E-state index < -0.39 is 16.6 Å². The number of aliphatic hydroxyl groups is 2. The molecular weight excluding hydrogens is 306 g/mol. The number of carbonyl (C=O) groups is 1. The van der Waals surface area contributed by atoms with Gasteiger partial charge in [-0.05, 0) is 64.7 Å². The van der Waals surface area contributed by atoms with Gasteiger partial charge in [0.2, 0.25) is 0 Å². The third-order valence-corrected chi connectivity index (χ3v) is 5.70. The molecule has 0 aromatic carbocycles. The quantitative estimate of drug-likeness (QED) is 0.809. The molecule has 1 aliphatic heterocycles. The van der Waals surface area contributed by atoms with E-state index in [2.05, 4.69) is 13.8 Å². The first-order valence-electron chi connectivity index (χ1n) is 9.31. The minimum Gasteiger partial charge on any atom is -0.444 e. The number of hydrogen-bond acceptors (Lipinski definition) is 4. The van der Waals surface area contributed by atoms with Crippen molar-refractivity contribution in [1.82, 2.24) is 4.90 Å². The van der Waals surface area contributed by atoms with Crippen molar-refractivity contribution in [2.24, 2.45) is 17.3 Å². The van der Waals surface area contributed by atoms with E-state index in [0.717, 1.165) is 25.7 Å². The summed E-state index contributed by atoms with van der Waals surface area (Å²) >= 11 is 0. The van der Waals surface area contributed by atoms with E-state index in [0.29, 0.717) is 24.8 Å². The van der Waals surface area contributed by atoms with Crippen molar-refractivity contribution >= 4 is 6.09 Å². The van der Waals surface area contributed by atoms with Crippen molar-refractivity contribution in [1.29, 1.82) is 0 Å².